The normalized spacial score (nSPS) is 14.9. The van der Waals surface area contributed by atoms with E-state index in [1.54, 1.807) is 38.5 Å². The molecule has 6 nitrogen and oxygen atoms in total. The molecule has 152 valence electrons. The number of hydrogen-bond acceptors (Lipinski definition) is 6. The third-order valence-electron chi connectivity index (χ3n) is 5.46. The van der Waals surface area contributed by atoms with Gasteiger partial charge >= 0.3 is 0 Å². The molecule has 6 heteroatoms. The fraction of sp³-hybridized carbons (Fsp3) is 0.348. The van der Waals surface area contributed by atoms with Gasteiger partial charge in [-0.25, -0.2) is 0 Å². The van der Waals surface area contributed by atoms with Crippen LogP contribution >= 0.6 is 0 Å². The van der Waals surface area contributed by atoms with Gasteiger partial charge in [-0.05, 0) is 24.3 Å². The zero-order valence-corrected chi connectivity index (χ0v) is 16.9. The predicted octanol–water partition coefficient (Wildman–Crippen LogP) is 3.17. The fourth-order valence-corrected chi connectivity index (χ4v) is 3.81. The van der Waals surface area contributed by atoms with E-state index < -0.39 is 0 Å². The highest BCUT2D eigenvalue weighted by molar-refractivity contribution is 5.77. The Morgan fingerprint density at radius 1 is 0.966 bits per heavy atom. The molecule has 2 heterocycles. The number of fused-ring (bicyclic) bond motifs is 1. The summed E-state index contributed by atoms with van der Waals surface area (Å²) in [6.45, 7) is 4.67. The number of para-hydroxylation sites is 2. The van der Waals surface area contributed by atoms with Gasteiger partial charge in [-0.1, -0.05) is 12.1 Å². The smallest absolute Gasteiger partial charge is 0.192 e. The Balaban J connectivity index is 1.38. The van der Waals surface area contributed by atoms with Crippen molar-refractivity contribution in [1.82, 2.24) is 4.90 Å². The van der Waals surface area contributed by atoms with E-state index in [1.165, 1.54) is 0 Å². The van der Waals surface area contributed by atoms with E-state index >= 15 is 0 Å². The number of piperazine rings is 1. The van der Waals surface area contributed by atoms with E-state index in [4.69, 9.17) is 13.9 Å². The second-order valence-corrected chi connectivity index (χ2v) is 7.19. The molecular formula is C23H26N2O4. The van der Waals surface area contributed by atoms with Gasteiger partial charge in [0.05, 0.1) is 25.3 Å². The molecule has 0 spiro atoms. The number of nitrogens with zero attached hydrogens (tertiary/aromatic N) is 2. The van der Waals surface area contributed by atoms with Crippen molar-refractivity contribution >= 4 is 16.7 Å². The van der Waals surface area contributed by atoms with E-state index in [9.17, 15) is 4.79 Å². The van der Waals surface area contributed by atoms with Crippen molar-refractivity contribution in [1.29, 1.82) is 0 Å². The van der Waals surface area contributed by atoms with Crippen LogP contribution in [0.2, 0.25) is 0 Å². The van der Waals surface area contributed by atoms with Crippen molar-refractivity contribution in [2.45, 2.75) is 6.42 Å². The minimum Gasteiger partial charge on any atom is -0.497 e. The Labute approximate surface area is 170 Å². The average molecular weight is 394 g/mol. The van der Waals surface area contributed by atoms with Gasteiger partial charge in [0.2, 0.25) is 0 Å². The first kappa shape index (κ1) is 19.3. The van der Waals surface area contributed by atoms with Gasteiger partial charge in [-0.3, -0.25) is 9.69 Å². The molecule has 29 heavy (non-hydrogen) atoms. The Morgan fingerprint density at radius 3 is 2.52 bits per heavy atom. The van der Waals surface area contributed by atoms with E-state index in [0.717, 1.165) is 44.2 Å². The van der Waals surface area contributed by atoms with Gasteiger partial charge in [0, 0.05) is 51.3 Å². The summed E-state index contributed by atoms with van der Waals surface area (Å²) in [6.07, 6.45) is 0.705. The van der Waals surface area contributed by atoms with Crippen LogP contribution in [0, 0.1) is 0 Å². The maximum atomic E-state index is 12.4. The Hall–Kier alpha value is -2.99. The number of benzene rings is 2. The molecule has 0 N–H and O–H groups in total. The topological polar surface area (TPSA) is 55.2 Å². The van der Waals surface area contributed by atoms with E-state index in [2.05, 4.69) is 15.9 Å². The van der Waals surface area contributed by atoms with Crippen LogP contribution in [-0.2, 0) is 6.42 Å². The first-order chi connectivity index (χ1) is 14.2. The van der Waals surface area contributed by atoms with Crippen LogP contribution in [-0.4, -0.2) is 51.8 Å². The van der Waals surface area contributed by atoms with Crippen molar-refractivity contribution in [2.75, 3.05) is 51.8 Å². The van der Waals surface area contributed by atoms with Crippen molar-refractivity contribution in [2.24, 2.45) is 0 Å². The summed E-state index contributed by atoms with van der Waals surface area (Å²) in [5.74, 6) is 2.31. The summed E-state index contributed by atoms with van der Waals surface area (Å²) in [5, 5.41) is 0.583. The molecule has 2 aromatic carbocycles. The predicted molar refractivity (Wildman–Crippen MR) is 114 cm³/mol. The van der Waals surface area contributed by atoms with Gasteiger partial charge in [0.25, 0.3) is 0 Å². The molecule has 0 unspecified atom stereocenters. The molecule has 3 aromatic rings. The maximum Gasteiger partial charge on any atom is 0.192 e. The highest BCUT2D eigenvalue weighted by atomic mass is 16.5. The fourth-order valence-electron chi connectivity index (χ4n) is 3.81. The molecule has 1 saturated heterocycles. The largest absolute Gasteiger partial charge is 0.497 e. The first-order valence-corrected chi connectivity index (χ1v) is 9.89. The summed E-state index contributed by atoms with van der Waals surface area (Å²) >= 11 is 0. The lowest BCUT2D eigenvalue weighted by Gasteiger charge is -2.36. The zero-order valence-electron chi connectivity index (χ0n) is 16.9. The lowest BCUT2D eigenvalue weighted by atomic mass is 10.2. The Bertz CT molecular complexity index is 1040. The van der Waals surface area contributed by atoms with Gasteiger partial charge in [0.15, 0.2) is 5.43 Å². The number of hydrogen-bond donors (Lipinski definition) is 0. The SMILES string of the molecule is COc1ccc2c(=O)cc(CCN3CCN(c4ccccc4OC)CC3)oc2c1. The summed E-state index contributed by atoms with van der Waals surface area (Å²) in [6, 6.07) is 15.0. The molecule has 0 amide bonds. The van der Waals surface area contributed by atoms with Crippen molar-refractivity contribution in [3.63, 3.8) is 0 Å². The molecule has 0 saturated carbocycles. The average Bonchev–Trinajstić information content (AvgIpc) is 2.77. The van der Waals surface area contributed by atoms with Crippen LogP contribution in [0.3, 0.4) is 0 Å². The molecule has 1 aromatic heterocycles. The van der Waals surface area contributed by atoms with E-state index in [-0.39, 0.29) is 5.43 Å². The Kier molecular flexibility index (Phi) is 5.71. The quantitative estimate of drug-likeness (QED) is 0.640. The van der Waals surface area contributed by atoms with Crippen LogP contribution < -0.4 is 19.8 Å². The van der Waals surface area contributed by atoms with Crippen LogP contribution in [0.1, 0.15) is 5.76 Å². The van der Waals surface area contributed by atoms with Gasteiger partial charge in [0.1, 0.15) is 22.8 Å². The molecule has 1 aliphatic rings. The third kappa shape index (κ3) is 4.22. The summed E-state index contributed by atoms with van der Waals surface area (Å²) < 4.78 is 16.7. The van der Waals surface area contributed by atoms with Crippen molar-refractivity contribution < 1.29 is 13.9 Å². The van der Waals surface area contributed by atoms with Crippen molar-refractivity contribution in [3.05, 3.63) is 64.5 Å². The van der Waals surface area contributed by atoms with Gasteiger partial charge < -0.3 is 18.8 Å². The maximum absolute atomic E-state index is 12.4. The van der Waals surface area contributed by atoms with Crippen LogP contribution in [0.5, 0.6) is 11.5 Å². The van der Waals surface area contributed by atoms with Crippen LogP contribution in [0.25, 0.3) is 11.0 Å². The number of ether oxygens (including phenoxy) is 2. The highest BCUT2D eigenvalue weighted by Crippen LogP contribution is 2.28. The van der Waals surface area contributed by atoms with Gasteiger partial charge in [-0.15, -0.1) is 0 Å². The zero-order chi connectivity index (χ0) is 20.2. The number of anilines is 1. The van der Waals surface area contributed by atoms with Crippen LogP contribution in [0.15, 0.2) is 57.7 Å². The summed E-state index contributed by atoms with van der Waals surface area (Å²) in [4.78, 5) is 17.1. The standard InChI is InChI=1S/C23H26N2O4/c1-27-17-7-8-19-21(26)15-18(29-23(19)16-17)9-10-24-11-13-25(14-12-24)20-5-3-4-6-22(20)28-2/h3-8,15-16H,9-14H2,1-2H3. The second-order valence-electron chi connectivity index (χ2n) is 7.19. The molecule has 0 radical (unpaired) electrons. The monoisotopic (exact) mass is 394 g/mol. The Morgan fingerprint density at radius 2 is 1.76 bits per heavy atom. The molecule has 4 rings (SSSR count). The molecule has 0 aliphatic carbocycles. The molecular weight excluding hydrogens is 368 g/mol. The van der Waals surface area contributed by atoms with E-state index in [1.807, 2.05) is 18.2 Å². The summed E-state index contributed by atoms with van der Waals surface area (Å²) in [7, 11) is 3.32. The molecule has 1 fully saturated rings. The van der Waals surface area contributed by atoms with Crippen LogP contribution in [0.4, 0.5) is 5.69 Å². The molecule has 0 atom stereocenters. The van der Waals surface area contributed by atoms with Crippen molar-refractivity contribution in [3.8, 4) is 11.5 Å². The minimum absolute atomic E-state index is 0.00936. The lowest BCUT2D eigenvalue weighted by Crippen LogP contribution is -2.47. The molecule has 1 aliphatic heterocycles. The second kappa shape index (κ2) is 8.57. The highest BCUT2D eigenvalue weighted by Gasteiger charge is 2.19. The molecule has 0 bridgehead atoms. The summed E-state index contributed by atoms with van der Waals surface area (Å²) in [5.41, 5.74) is 1.71. The minimum atomic E-state index is -0.00936. The van der Waals surface area contributed by atoms with E-state index in [0.29, 0.717) is 28.9 Å². The van der Waals surface area contributed by atoms with Gasteiger partial charge in [-0.2, -0.15) is 0 Å². The number of rotatable bonds is 6. The first-order valence-electron chi connectivity index (χ1n) is 9.89. The number of methoxy groups -OCH3 is 2. The lowest BCUT2D eigenvalue weighted by molar-refractivity contribution is 0.255. The third-order valence-corrected chi connectivity index (χ3v) is 5.46.